The summed E-state index contributed by atoms with van der Waals surface area (Å²) >= 11 is 0. The minimum atomic E-state index is -0.335. The number of benzene rings is 4. The summed E-state index contributed by atoms with van der Waals surface area (Å²) in [6, 6.07) is 29.5. The van der Waals surface area contributed by atoms with E-state index in [0.717, 1.165) is 33.1 Å². The second-order valence-corrected chi connectivity index (χ2v) is 14.4. The highest BCUT2D eigenvalue weighted by Gasteiger charge is 2.27. The van der Waals surface area contributed by atoms with Crippen LogP contribution in [0.4, 0.5) is 4.39 Å². The van der Waals surface area contributed by atoms with Gasteiger partial charge in [-0.1, -0.05) is 83.5 Å². The lowest BCUT2D eigenvalue weighted by Crippen LogP contribution is -2.19. The second kappa shape index (κ2) is 11.2. The van der Waals surface area contributed by atoms with E-state index in [9.17, 15) is 4.39 Å². The van der Waals surface area contributed by atoms with Gasteiger partial charge >= 0.3 is 0 Å². The third-order valence-electron chi connectivity index (χ3n) is 8.67. The van der Waals surface area contributed by atoms with E-state index in [-0.39, 0.29) is 16.6 Å². The van der Waals surface area contributed by atoms with E-state index in [1.165, 1.54) is 40.6 Å². The summed E-state index contributed by atoms with van der Waals surface area (Å²) in [5, 5.41) is 6.92. The van der Waals surface area contributed by atoms with E-state index in [0.29, 0.717) is 17.3 Å². The molecular weight excluding hydrogens is 583 g/mol. The molecular formula is C41H39FN4O. The van der Waals surface area contributed by atoms with Crippen molar-refractivity contribution < 1.29 is 9.13 Å². The monoisotopic (exact) mass is 622 g/mol. The molecule has 4 aromatic carbocycles. The molecule has 0 N–H and O–H groups in total. The number of aryl methyl sites for hydroxylation is 1. The molecule has 3 heterocycles. The van der Waals surface area contributed by atoms with Gasteiger partial charge < -0.3 is 4.74 Å². The average molecular weight is 623 g/mol. The minimum Gasteiger partial charge on any atom is -0.457 e. The van der Waals surface area contributed by atoms with E-state index in [2.05, 4.69) is 77.8 Å². The Morgan fingerprint density at radius 3 is 2.13 bits per heavy atom. The molecule has 0 saturated carbocycles. The number of pyridine rings is 1. The third-order valence-corrected chi connectivity index (χ3v) is 8.67. The molecule has 0 aliphatic rings. The first-order valence-corrected chi connectivity index (χ1v) is 16.0. The molecule has 7 rings (SSSR count). The van der Waals surface area contributed by atoms with Gasteiger partial charge in [-0.3, -0.25) is 4.57 Å². The maximum Gasteiger partial charge on any atom is 0.140 e. The summed E-state index contributed by atoms with van der Waals surface area (Å²) < 4.78 is 24.6. The van der Waals surface area contributed by atoms with Gasteiger partial charge in [0.25, 0.3) is 0 Å². The normalized spacial score (nSPS) is 12.3. The Hall–Kier alpha value is -5.23. The fourth-order valence-electron chi connectivity index (χ4n) is 6.48. The smallest absolute Gasteiger partial charge is 0.140 e. The summed E-state index contributed by atoms with van der Waals surface area (Å²) in [5.74, 6) is 1.54. The molecule has 0 radical (unpaired) electrons. The molecule has 0 bridgehead atoms. The van der Waals surface area contributed by atoms with Crippen molar-refractivity contribution in [2.24, 2.45) is 0 Å². The highest BCUT2D eigenvalue weighted by molar-refractivity contribution is 6.09. The van der Waals surface area contributed by atoms with E-state index in [1.54, 1.807) is 0 Å². The van der Waals surface area contributed by atoms with Crippen LogP contribution in [0.1, 0.15) is 58.2 Å². The molecule has 0 saturated heterocycles. The summed E-state index contributed by atoms with van der Waals surface area (Å²) in [6.07, 6.45) is 5.57. The number of ether oxygens (including phenoxy) is 1. The first-order valence-electron chi connectivity index (χ1n) is 16.0. The molecule has 0 fully saturated rings. The molecule has 6 heteroatoms. The van der Waals surface area contributed by atoms with Crippen molar-refractivity contribution in [1.82, 2.24) is 19.3 Å². The van der Waals surface area contributed by atoms with E-state index in [1.807, 2.05) is 76.1 Å². The van der Waals surface area contributed by atoms with Crippen LogP contribution >= 0.6 is 0 Å². The van der Waals surface area contributed by atoms with Crippen molar-refractivity contribution in [3.05, 3.63) is 132 Å². The predicted octanol–water partition coefficient (Wildman–Crippen LogP) is 10.9. The summed E-state index contributed by atoms with van der Waals surface area (Å²) in [7, 11) is 0. The Balaban J connectivity index is 1.26. The number of fused-ring (bicyclic) bond motifs is 3. The Kier molecular flexibility index (Phi) is 7.27. The minimum absolute atomic E-state index is 0.0330. The van der Waals surface area contributed by atoms with E-state index >= 15 is 0 Å². The molecule has 0 spiro atoms. The van der Waals surface area contributed by atoms with Crippen LogP contribution in [-0.2, 0) is 10.8 Å². The van der Waals surface area contributed by atoms with Crippen LogP contribution in [-0.4, -0.2) is 19.3 Å². The summed E-state index contributed by atoms with van der Waals surface area (Å²) in [6.45, 7) is 15.8. The molecule has 5 nitrogen and oxygen atoms in total. The Morgan fingerprint density at radius 1 is 0.702 bits per heavy atom. The standard InChI is InChI=1S/C41H39FN4O/c1-26-19-34(40(2,3)4)39(35(20-26)41(5,6)7)27-24-44-45(25-27)29-11-10-12-30(22-29)47-31-15-16-33-32-13-8-9-14-36(32)46(37(33)23-31)38-21-28(42)17-18-43-38/h8-25H,1-7H3. The molecule has 0 aliphatic heterocycles. The third kappa shape index (κ3) is 5.69. The predicted molar refractivity (Wildman–Crippen MR) is 190 cm³/mol. The van der Waals surface area contributed by atoms with Crippen molar-refractivity contribution in [1.29, 1.82) is 0 Å². The highest BCUT2D eigenvalue weighted by atomic mass is 19.1. The lowest BCUT2D eigenvalue weighted by Gasteiger charge is -2.30. The van der Waals surface area contributed by atoms with Crippen molar-refractivity contribution in [2.45, 2.75) is 59.3 Å². The Bertz CT molecular complexity index is 2240. The fraction of sp³-hybridized carbons (Fsp3) is 0.220. The lowest BCUT2D eigenvalue weighted by atomic mass is 9.74. The zero-order valence-electron chi connectivity index (χ0n) is 28.0. The van der Waals surface area contributed by atoms with Crippen molar-refractivity contribution in [3.8, 4) is 34.1 Å². The number of rotatable bonds is 5. The molecule has 47 heavy (non-hydrogen) atoms. The van der Waals surface area contributed by atoms with Crippen LogP contribution in [0, 0.1) is 12.7 Å². The van der Waals surface area contributed by atoms with Crippen LogP contribution in [0.25, 0.3) is 44.4 Å². The number of aromatic nitrogens is 4. The van der Waals surface area contributed by atoms with Crippen LogP contribution in [0.2, 0.25) is 0 Å². The molecule has 3 aromatic heterocycles. The first-order chi connectivity index (χ1) is 22.4. The van der Waals surface area contributed by atoms with Gasteiger partial charge in [-0.25, -0.2) is 14.1 Å². The topological polar surface area (TPSA) is 44.9 Å². The van der Waals surface area contributed by atoms with Crippen LogP contribution in [0.3, 0.4) is 0 Å². The van der Waals surface area contributed by atoms with Gasteiger partial charge in [-0.05, 0) is 70.8 Å². The van der Waals surface area contributed by atoms with Crippen molar-refractivity contribution in [2.75, 3.05) is 0 Å². The van der Waals surface area contributed by atoms with Gasteiger partial charge in [0.2, 0.25) is 0 Å². The van der Waals surface area contributed by atoms with Gasteiger partial charge in [0.1, 0.15) is 23.1 Å². The largest absolute Gasteiger partial charge is 0.457 e. The summed E-state index contributed by atoms with van der Waals surface area (Å²) in [4.78, 5) is 4.48. The highest BCUT2D eigenvalue weighted by Crippen LogP contribution is 2.42. The van der Waals surface area contributed by atoms with Crippen LogP contribution in [0.15, 0.2) is 110 Å². The quantitative estimate of drug-likeness (QED) is 0.192. The van der Waals surface area contributed by atoms with Crippen molar-refractivity contribution in [3.63, 3.8) is 0 Å². The maximum atomic E-state index is 14.3. The summed E-state index contributed by atoms with van der Waals surface area (Å²) in [5.41, 5.74) is 8.93. The zero-order chi connectivity index (χ0) is 33.1. The molecule has 7 aromatic rings. The average Bonchev–Trinajstić information content (AvgIpc) is 3.63. The number of para-hydroxylation sites is 1. The van der Waals surface area contributed by atoms with Gasteiger partial charge in [0.15, 0.2) is 0 Å². The number of hydrogen-bond donors (Lipinski definition) is 0. The molecule has 236 valence electrons. The van der Waals surface area contributed by atoms with Gasteiger partial charge in [0.05, 0.1) is 22.9 Å². The number of hydrogen-bond acceptors (Lipinski definition) is 3. The Labute approximate surface area is 275 Å². The second-order valence-electron chi connectivity index (χ2n) is 14.4. The van der Waals surface area contributed by atoms with Gasteiger partial charge in [-0.2, -0.15) is 5.10 Å². The van der Waals surface area contributed by atoms with Crippen molar-refractivity contribution >= 4 is 21.8 Å². The maximum absolute atomic E-state index is 14.3. The van der Waals surface area contributed by atoms with Crippen LogP contribution < -0.4 is 4.74 Å². The fourth-order valence-corrected chi connectivity index (χ4v) is 6.48. The molecule has 0 amide bonds. The van der Waals surface area contributed by atoms with E-state index in [4.69, 9.17) is 9.84 Å². The molecule has 0 unspecified atom stereocenters. The van der Waals surface area contributed by atoms with E-state index < -0.39 is 0 Å². The SMILES string of the molecule is Cc1cc(C(C)(C)C)c(-c2cnn(-c3cccc(Oc4ccc5c6ccccc6n(-c6cc(F)ccn6)c5c4)c3)c2)c(C(C)(C)C)c1. The lowest BCUT2D eigenvalue weighted by molar-refractivity contribution is 0.483. The molecule has 0 aliphatic carbocycles. The van der Waals surface area contributed by atoms with Gasteiger partial charge in [0, 0.05) is 46.9 Å². The van der Waals surface area contributed by atoms with Gasteiger partial charge in [-0.15, -0.1) is 0 Å². The first kappa shape index (κ1) is 30.4. The van der Waals surface area contributed by atoms with Crippen LogP contribution in [0.5, 0.6) is 11.5 Å². The number of nitrogens with zero attached hydrogens (tertiary/aromatic N) is 4. The Morgan fingerprint density at radius 2 is 1.40 bits per heavy atom. The zero-order valence-corrected chi connectivity index (χ0v) is 28.0. The molecule has 0 atom stereocenters. The number of halogens is 1.